The van der Waals surface area contributed by atoms with Crippen LogP contribution in [0.5, 0.6) is 11.5 Å². The van der Waals surface area contributed by atoms with E-state index < -0.39 is 5.82 Å². The molecule has 3 aromatic rings. The smallest absolute Gasteiger partial charge is 0.329 e. The third-order valence-corrected chi connectivity index (χ3v) is 6.80. The van der Waals surface area contributed by atoms with Crippen LogP contribution < -0.4 is 29.9 Å². The quantitative estimate of drug-likeness (QED) is 0.508. The minimum Gasteiger partial charge on any atom is -0.497 e. The molecule has 0 aliphatic carbocycles. The molecule has 2 aromatic carbocycles. The van der Waals surface area contributed by atoms with Crippen molar-refractivity contribution in [3.8, 4) is 11.5 Å². The van der Waals surface area contributed by atoms with Gasteiger partial charge in [0.2, 0.25) is 0 Å². The van der Waals surface area contributed by atoms with Crippen LogP contribution in [0.15, 0.2) is 48.7 Å². The number of halogens is 1. The van der Waals surface area contributed by atoms with Crippen molar-refractivity contribution < 1.29 is 18.7 Å². The SMILES string of the molecule is COc1ccc(CNc2cc3c(cn2)CN(c2c(C)cccc2F)C(=O)N3[C@@H]2CCNC2)c(OC)c1. The van der Waals surface area contributed by atoms with Crippen LogP contribution >= 0.6 is 0 Å². The van der Waals surface area contributed by atoms with Gasteiger partial charge in [0.05, 0.1) is 38.2 Å². The van der Waals surface area contributed by atoms with Gasteiger partial charge in [-0.25, -0.2) is 14.2 Å². The Bertz CT molecular complexity index is 1260. The lowest BCUT2D eigenvalue weighted by Crippen LogP contribution is -2.53. The normalized spacial score (nSPS) is 17.2. The molecule has 8 nitrogen and oxygen atoms in total. The minimum absolute atomic E-state index is 0.0249. The van der Waals surface area contributed by atoms with Crippen LogP contribution in [0.4, 0.5) is 26.4 Å². The average molecular weight is 492 g/mol. The van der Waals surface area contributed by atoms with Gasteiger partial charge >= 0.3 is 6.03 Å². The lowest BCUT2D eigenvalue weighted by molar-refractivity contribution is 0.248. The number of nitrogens with one attached hydrogen (secondary N) is 2. The van der Waals surface area contributed by atoms with Gasteiger partial charge in [-0.15, -0.1) is 0 Å². The molecule has 0 unspecified atom stereocenters. The Morgan fingerprint density at radius 2 is 2.06 bits per heavy atom. The predicted octanol–water partition coefficient (Wildman–Crippen LogP) is 4.47. The minimum atomic E-state index is -0.406. The molecule has 36 heavy (non-hydrogen) atoms. The Hall–Kier alpha value is -3.85. The summed E-state index contributed by atoms with van der Waals surface area (Å²) in [5, 5.41) is 6.69. The van der Waals surface area contributed by atoms with Crippen molar-refractivity contribution in [1.82, 2.24) is 10.3 Å². The summed E-state index contributed by atoms with van der Waals surface area (Å²) >= 11 is 0. The summed E-state index contributed by atoms with van der Waals surface area (Å²) in [5.74, 6) is 1.67. The molecular weight excluding hydrogens is 461 g/mol. The van der Waals surface area contributed by atoms with Crippen molar-refractivity contribution in [2.45, 2.75) is 32.5 Å². The molecule has 3 heterocycles. The zero-order valence-corrected chi connectivity index (χ0v) is 20.7. The van der Waals surface area contributed by atoms with Crippen LogP contribution in [0.25, 0.3) is 0 Å². The molecule has 0 spiro atoms. The molecule has 2 amide bonds. The number of fused-ring (bicyclic) bond motifs is 1. The summed E-state index contributed by atoms with van der Waals surface area (Å²) in [4.78, 5) is 21.7. The van der Waals surface area contributed by atoms with Gasteiger partial charge in [0, 0.05) is 42.5 Å². The van der Waals surface area contributed by atoms with Gasteiger partial charge in [0.25, 0.3) is 0 Å². The molecule has 2 aliphatic heterocycles. The number of ether oxygens (including phenoxy) is 2. The first-order valence-electron chi connectivity index (χ1n) is 12.0. The second-order valence-electron chi connectivity index (χ2n) is 9.02. The van der Waals surface area contributed by atoms with E-state index in [0.717, 1.165) is 41.1 Å². The molecule has 5 rings (SSSR count). The monoisotopic (exact) mass is 491 g/mol. The first-order chi connectivity index (χ1) is 17.5. The zero-order valence-electron chi connectivity index (χ0n) is 20.7. The summed E-state index contributed by atoms with van der Waals surface area (Å²) in [5.41, 5.74) is 3.66. The first kappa shape index (κ1) is 23.9. The third kappa shape index (κ3) is 4.42. The number of hydrogen-bond donors (Lipinski definition) is 2. The van der Waals surface area contributed by atoms with Gasteiger partial charge in [-0.2, -0.15) is 0 Å². The van der Waals surface area contributed by atoms with Crippen LogP contribution in [0.3, 0.4) is 0 Å². The Labute approximate surface area is 210 Å². The molecule has 2 N–H and O–H groups in total. The maximum absolute atomic E-state index is 14.9. The average Bonchev–Trinajstić information content (AvgIpc) is 3.42. The third-order valence-electron chi connectivity index (χ3n) is 6.80. The topological polar surface area (TPSA) is 79.0 Å². The molecule has 0 radical (unpaired) electrons. The van der Waals surface area contributed by atoms with Gasteiger partial charge < -0.3 is 20.1 Å². The van der Waals surface area contributed by atoms with Gasteiger partial charge in [-0.1, -0.05) is 12.1 Å². The van der Waals surface area contributed by atoms with Gasteiger partial charge in [0.15, 0.2) is 0 Å². The van der Waals surface area contributed by atoms with Crippen LogP contribution in [-0.4, -0.2) is 44.4 Å². The number of aromatic nitrogens is 1. The summed E-state index contributed by atoms with van der Waals surface area (Å²) < 4.78 is 25.6. The van der Waals surface area contributed by atoms with E-state index in [2.05, 4.69) is 15.6 Å². The summed E-state index contributed by atoms with van der Waals surface area (Å²) in [6.45, 7) is 4.07. The molecular formula is C27H30FN5O3. The van der Waals surface area contributed by atoms with Crippen LogP contribution in [0.1, 0.15) is 23.1 Å². The molecule has 1 aromatic heterocycles. The second kappa shape index (κ2) is 10.0. The van der Waals surface area contributed by atoms with E-state index in [1.54, 1.807) is 31.4 Å². The zero-order chi connectivity index (χ0) is 25.2. The van der Waals surface area contributed by atoms with Crippen molar-refractivity contribution in [2.75, 3.05) is 42.4 Å². The highest BCUT2D eigenvalue weighted by Crippen LogP contribution is 2.37. The van der Waals surface area contributed by atoms with Crippen molar-refractivity contribution in [2.24, 2.45) is 0 Å². The first-order valence-corrected chi connectivity index (χ1v) is 12.0. The predicted molar refractivity (Wildman–Crippen MR) is 138 cm³/mol. The fraction of sp³-hybridized carbons (Fsp3) is 0.333. The Morgan fingerprint density at radius 3 is 2.78 bits per heavy atom. The Balaban J connectivity index is 1.46. The molecule has 0 bridgehead atoms. The van der Waals surface area contributed by atoms with E-state index in [4.69, 9.17) is 9.47 Å². The number of benzene rings is 2. The highest BCUT2D eigenvalue weighted by Gasteiger charge is 2.38. The van der Waals surface area contributed by atoms with Crippen molar-refractivity contribution in [1.29, 1.82) is 0 Å². The number of rotatable bonds is 7. The fourth-order valence-corrected chi connectivity index (χ4v) is 4.92. The Kier molecular flexibility index (Phi) is 6.65. The number of amides is 2. The van der Waals surface area contributed by atoms with Gasteiger partial charge in [0.1, 0.15) is 23.1 Å². The maximum Gasteiger partial charge on any atom is 0.329 e. The molecule has 1 atom stereocenters. The molecule has 2 aliphatic rings. The van der Waals surface area contributed by atoms with Crippen LogP contribution in [0, 0.1) is 12.7 Å². The summed E-state index contributed by atoms with van der Waals surface area (Å²) in [7, 11) is 3.24. The Morgan fingerprint density at radius 1 is 1.19 bits per heavy atom. The summed E-state index contributed by atoms with van der Waals surface area (Å²) in [6, 6.07) is 12.2. The number of carbonyl (C=O) groups excluding carboxylic acids is 1. The molecule has 9 heteroatoms. The van der Waals surface area contributed by atoms with Crippen molar-refractivity contribution in [3.63, 3.8) is 0 Å². The van der Waals surface area contributed by atoms with E-state index in [1.165, 1.54) is 11.0 Å². The number of nitrogens with zero attached hydrogens (tertiary/aromatic N) is 3. The number of hydrogen-bond acceptors (Lipinski definition) is 6. The van der Waals surface area contributed by atoms with E-state index in [9.17, 15) is 9.18 Å². The number of anilines is 3. The van der Waals surface area contributed by atoms with Gasteiger partial charge in [-0.05, 0) is 43.7 Å². The number of aryl methyl sites for hydroxylation is 1. The van der Waals surface area contributed by atoms with Crippen molar-refractivity contribution in [3.05, 3.63) is 71.2 Å². The van der Waals surface area contributed by atoms with E-state index in [-0.39, 0.29) is 18.6 Å². The number of methoxy groups -OCH3 is 2. The highest BCUT2D eigenvalue weighted by atomic mass is 19.1. The van der Waals surface area contributed by atoms with Crippen molar-refractivity contribution >= 4 is 23.2 Å². The van der Waals surface area contributed by atoms with Gasteiger partial charge in [-0.3, -0.25) is 9.80 Å². The molecule has 1 saturated heterocycles. The maximum atomic E-state index is 14.9. The lowest BCUT2D eigenvalue weighted by atomic mass is 10.1. The number of pyridine rings is 1. The highest BCUT2D eigenvalue weighted by molar-refractivity contribution is 6.07. The number of carbonyl (C=O) groups is 1. The fourth-order valence-electron chi connectivity index (χ4n) is 4.92. The molecule has 1 fully saturated rings. The van der Waals surface area contributed by atoms with E-state index >= 15 is 0 Å². The molecule has 0 saturated carbocycles. The van der Waals surface area contributed by atoms with E-state index in [0.29, 0.717) is 30.3 Å². The number of para-hydroxylation sites is 1. The van der Waals surface area contributed by atoms with E-state index in [1.807, 2.05) is 37.3 Å². The van der Waals surface area contributed by atoms with Crippen LogP contribution in [0.2, 0.25) is 0 Å². The molecule has 188 valence electrons. The number of urea groups is 1. The summed E-state index contributed by atoms with van der Waals surface area (Å²) in [6.07, 6.45) is 2.59. The largest absolute Gasteiger partial charge is 0.497 e. The van der Waals surface area contributed by atoms with Crippen LogP contribution in [-0.2, 0) is 13.1 Å². The lowest BCUT2D eigenvalue weighted by Gasteiger charge is -2.40. The second-order valence-corrected chi connectivity index (χ2v) is 9.02. The standard InChI is InChI=1S/C27H30FN5O3/c1-17-5-4-6-22(28)26(17)32-16-19-14-31-25(12-23(19)33(27(32)34)20-9-10-29-15-20)30-13-18-7-8-21(35-2)11-24(18)36-3/h4-8,11-12,14,20,29H,9-10,13,15-16H2,1-3H3,(H,30,31)/t20-/m1/s1.